The number of hydrogen-bond acceptors (Lipinski definition) is 3. The number of carboxylic acid groups (broad SMARTS) is 1. The Hall–Kier alpha value is -1.78. The van der Waals surface area contributed by atoms with Gasteiger partial charge in [-0.15, -0.1) is 0 Å². The van der Waals surface area contributed by atoms with E-state index in [-0.39, 0.29) is 6.54 Å². The highest BCUT2D eigenvalue weighted by molar-refractivity contribution is 5.74. The average Bonchev–Trinajstić information content (AvgIpc) is 2.25. The van der Waals surface area contributed by atoms with Crippen LogP contribution in [0.15, 0.2) is 18.2 Å². The molecule has 0 aliphatic rings. The SMILES string of the molecule is COc1cc(C(C)F)ccc1NCC(=O)O. The maximum Gasteiger partial charge on any atom is 0.322 e. The molecule has 0 aliphatic heterocycles. The number of ether oxygens (including phenoxy) is 1. The Morgan fingerprint density at radius 1 is 1.62 bits per heavy atom. The van der Waals surface area contributed by atoms with Crippen LogP contribution in [0.1, 0.15) is 18.7 Å². The summed E-state index contributed by atoms with van der Waals surface area (Å²) in [6, 6.07) is 4.75. The van der Waals surface area contributed by atoms with E-state index in [1.54, 1.807) is 18.2 Å². The van der Waals surface area contributed by atoms with Crippen molar-refractivity contribution >= 4 is 11.7 Å². The lowest BCUT2D eigenvalue weighted by Crippen LogP contribution is -2.13. The first kappa shape index (κ1) is 12.3. The van der Waals surface area contributed by atoms with Crippen LogP contribution >= 0.6 is 0 Å². The lowest BCUT2D eigenvalue weighted by atomic mass is 10.1. The fraction of sp³-hybridized carbons (Fsp3) is 0.364. The number of rotatable bonds is 5. The summed E-state index contributed by atoms with van der Waals surface area (Å²) in [6.07, 6.45) is -1.08. The van der Waals surface area contributed by atoms with Crippen molar-refractivity contribution in [3.63, 3.8) is 0 Å². The van der Waals surface area contributed by atoms with Crippen molar-refractivity contribution in [3.8, 4) is 5.75 Å². The molecule has 1 atom stereocenters. The number of anilines is 1. The van der Waals surface area contributed by atoms with Crippen molar-refractivity contribution in [2.24, 2.45) is 0 Å². The summed E-state index contributed by atoms with van der Waals surface area (Å²) >= 11 is 0. The van der Waals surface area contributed by atoms with Crippen LogP contribution in [0.3, 0.4) is 0 Å². The monoisotopic (exact) mass is 227 g/mol. The Morgan fingerprint density at radius 3 is 2.81 bits per heavy atom. The van der Waals surface area contributed by atoms with Gasteiger partial charge < -0.3 is 15.2 Å². The number of carbonyl (C=O) groups is 1. The largest absolute Gasteiger partial charge is 0.495 e. The molecule has 0 bridgehead atoms. The predicted octanol–water partition coefficient (Wildman–Crippen LogP) is 2.22. The van der Waals surface area contributed by atoms with E-state index in [9.17, 15) is 9.18 Å². The second-order valence-corrected chi connectivity index (χ2v) is 3.32. The highest BCUT2D eigenvalue weighted by Crippen LogP contribution is 2.29. The van der Waals surface area contributed by atoms with Gasteiger partial charge in [0.05, 0.1) is 12.8 Å². The van der Waals surface area contributed by atoms with Crippen LogP contribution < -0.4 is 10.1 Å². The summed E-state index contributed by atoms with van der Waals surface area (Å²) in [5.74, 6) is -0.534. The number of carboxylic acids is 1. The van der Waals surface area contributed by atoms with E-state index in [1.807, 2.05) is 0 Å². The van der Waals surface area contributed by atoms with Gasteiger partial charge in [-0.05, 0) is 24.6 Å². The molecule has 0 amide bonds. The summed E-state index contributed by atoms with van der Waals surface area (Å²) in [5.41, 5.74) is 1.03. The zero-order chi connectivity index (χ0) is 12.1. The highest BCUT2D eigenvalue weighted by atomic mass is 19.1. The van der Waals surface area contributed by atoms with Crippen LogP contribution in [0, 0.1) is 0 Å². The number of benzene rings is 1. The molecule has 0 saturated carbocycles. The van der Waals surface area contributed by atoms with E-state index < -0.39 is 12.1 Å². The minimum atomic E-state index is -1.08. The summed E-state index contributed by atoms with van der Waals surface area (Å²) in [7, 11) is 1.45. The van der Waals surface area contributed by atoms with Gasteiger partial charge >= 0.3 is 5.97 Å². The maximum atomic E-state index is 13.0. The van der Waals surface area contributed by atoms with Gasteiger partial charge in [0, 0.05) is 0 Å². The molecule has 0 fully saturated rings. The third-order valence-electron chi connectivity index (χ3n) is 2.11. The van der Waals surface area contributed by atoms with Crippen LogP contribution in [0.25, 0.3) is 0 Å². The van der Waals surface area contributed by atoms with E-state index in [0.717, 1.165) is 0 Å². The standard InChI is InChI=1S/C11H14FNO3/c1-7(12)8-3-4-9(10(5-8)16-2)13-6-11(14)15/h3-5,7,13H,6H2,1-2H3,(H,14,15). The third-order valence-corrected chi connectivity index (χ3v) is 2.11. The van der Waals surface area contributed by atoms with E-state index >= 15 is 0 Å². The van der Waals surface area contributed by atoms with Crippen molar-refractivity contribution in [1.29, 1.82) is 0 Å². The molecule has 5 heteroatoms. The zero-order valence-electron chi connectivity index (χ0n) is 9.16. The molecule has 88 valence electrons. The molecule has 0 heterocycles. The predicted molar refractivity (Wildman–Crippen MR) is 58.6 cm³/mol. The molecule has 0 saturated heterocycles. The van der Waals surface area contributed by atoms with E-state index in [1.165, 1.54) is 14.0 Å². The third kappa shape index (κ3) is 3.12. The highest BCUT2D eigenvalue weighted by Gasteiger charge is 2.09. The van der Waals surface area contributed by atoms with Gasteiger partial charge in [0.1, 0.15) is 18.5 Å². The lowest BCUT2D eigenvalue weighted by Gasteiger charge is -2.12. The van der Waals surface area contributed by atoms with Crippen molar-refractivity contribution < 1.29 is 19.0 Å². The van der Waals surface area contributed by atoms with Gasteiger partial charge in [0.25, 0.3) is 0 Å². The van der Waals surface area contributed by atoms with Crippen LogP contribution in [-0.4, -0.2) is 24.7 Å². The van der Waals surface area contributed by atoms with Crippen molar-refractivity contribution in [3.05, 3.63) is 23.8 Å². The summed E-state index contributed by atoms with van der Waals surface area (Å²) in [5, 5.41) is 11.2. The van der Waals surface area contributed by atoms with Gasteiger partial charge in [-0.1, -0.05) is 6.07 Å². The van der Waals surface area contributed by atoms with Crippen LogP contribution in [0.5, 0.6) is 5.75 Å². The zero-order valence-corrected chi connectivity index (χ0v) is 9.16. The molecule has 16 heavy (non-hydrogen) atoms. The second kappa shape index (κ2) is 5.34. The fourth-order valence-corrected chi connectivity index (χ4v) is 1.27. The first-order valence-corrected chi connectivity index (χ1v) is 4.82. The quantitative estimate of drug-likeness (QED) is 0.809. The smallest absolute Gasteiger partial charge is 0.322 e. The summed E-state index contributed by atoms with van der Waals surface area (Å²) in [6.45, 7) is 1.22. The Kier molecular flexibility index (Phi) is 4.10. The molecular formula is C11H14FNO3. The van der Waals surface area contributed by atoms with Crippen molar-refractivity contribution in [1.82, 2.24) is 0 Å². The second-order valence-electron chi connectivity index (χ2n) is 3.32. The molecular weight excluding hydrogens is 213 g/mol. The lowest BCUT2D eigenvalue weighted by molar-refractivity contribution is -0.134. The Balaban J connectivity index is 2.88. The number of alkyl halides is 1. The van der Waals surface area contributed by atoms with Gasteiger partial charge in [-0.25, -0.2) is 4.39 Å². The minimum absolute atomic E-state index is 0.207. The molecule has 1 aromatic carbocycles. The van der Waals surface area contributed by atoms with Gasteiger partial charge in [0.2, 0.25) is 0 Å². The molecule has 2 N–H and O–H groups in total. The number of halogens is 1. The molecule has 0 aliphatic carbocycles. The van der Waals surface area contributed by atoms with Gasteiger partial charge in [-0.2, -0.15) is 0 Å². The Bertz CT molecular complexity index is 379. The number of hydrogen-bond donors (Lipinski definition) is 2. The minimum Gasteiger partial charge on any atom is -0.495 e. The average molecular weight is 227 g/mol. The van der Waals surface area contributed by atoms with Crippen LogP contribution in [0.2, 0.25) is 0 Å². The van der Waals surface area contributed by atoms with E-state index in [4.69, 9.17) is 9.84 Å². The normalized spacial score (nSPS) is 11.9. The summed E-state index contributed by atoms with van der Waals surface area (Å²) < 4.78 is 18.1. The maximum absolute atomic E-state index is 13.0. The summed E-state index contributed by atoms with van der Waals surface area (Å²) in [4.78, 5) is 10.4. The molecule has 0 spiro atoms. The first-order chi connectivity index (χ1) is 7.54. The van der Waals surface area contributed by atoms with Gasteiger partial charge in [-0.3, -0.25) is 4.79 Å². The molecule has 4 nitrogen and oxygen atoms in total. The molecule has 1 aromatic rings. The van der Waals surface area contributed by atoms with Crippen molar-refractivity contribution in [2.75, 3.05) is 19.0 Å². The number of nitrogens with one attached hydrogen (secondary N) is 1. The molecule has 1 rings (SSSR count). The Morgan fingerprint density at radius 2 is 2.31 bits per heavy atom. The van der Waals surface area contributed by atoms with Crippen molar-refractivity contribution in [2.45, 2.75) is 13.1 Å². The van der Waals surface area contributed by atoms with Crippen LogP contribution in [-0.2, 0) is 4.79 Å². The Labute approximate surface area is 93.0 Å². The molecule has 0 radical (unpaired) electrons. The van der Waals surface area contributed by atoms with E-state index in [0.29, 0.717) is 17.0 Å². The molecule has 0 aromatic heterocycles. The topological polar surface area (TPSA) is 58.6 Å². The fourth-order valence-electron chi connectivity index (χ4n) is 1.27. The first-order valence-electron chi connectivity index (χ1n) is 4.82. The van der Waals surface area contributed by atoms with Gasteiger partial charge in [0.15, 0.2) is 0 Å². The number of methoxy groups -OCH3 is 1. The van der Waals surface area contributed by atoms with E-state index in [2.05, 4.69) is 5.32 Å². The van der Waals surface area contributed by atoms with Crippen LogP contribution in [0.4, 0.5) is 10.1 Å². The molecule has 1 unspecified atom stereocenters. The number of aliphatic carboxylic acids is 1.